The maximum absolute atomic E-state index is 10.1. The van der Waals surface area contributed by atoms with E-state index in [4.69, 9.17) is 4.74 Å². The average molecular weight is 342 g/mol. The van der Waals surface area contributed by atoms with Gasteiger partial charge in [-0.1, -0.05) is 26.0 Å². The fourth-order valence-electron chi connectivity index (χ4n) is 3.04. The zero-order valence-electron chi connectivity index (χ0n) is 12.3. The number of piperidine rings is 1. The summed E-state index contributed by atoms with van der Waals surface area (Å²) in [5.74, 6) is 2.22. The highest BCUT2D eigenvalue weighted by Crippen LogP contribution is 2.24. The summed E-state index contributed by atoms with van der Waals surface area (Å²) in [6.07, 6.45) is 0.847. The highest BCUT2D eigenvalue weighted by Gasteiger charge is 2.23. The van der Waals surface area contributed by atoms with Crippen LogP contribution in [0.2, 0.25) is 0 Å². The van der Waals surface area contributed by atoms with Crippen molar-refractivity contribution in [1.82, 2.24) is 4.90 Å². The second kappa shape index (κ2) is 7.43. The van der Waals surface area contributed by atoms with Crippen LogP contribution in [0.1, 0.15) is 20.3 Å². The SMILES string of the molecule is C[C@@H]1C[C@@H](C)CN(C[C@H](O)COc2ccccc2Br)C1. The number of likely N-dealkylation sites (tertiary alicyclic amines) is 1. The van der Waals surface area contributed by atoms with Crippen molar-refractivity contribution in [2.75, 3.05) is 26.2 Å². The Morgan fingerprint density at radius 1 is 1.30 bits per heavy atom. The third kappa shape index (κ3) is 4.76. The first-order chi connectivity index (χ1) is 9.54. The van der Waals surface area contributed by atoms with E-state index in [1.165, 1.54) is 6.42 Å². The second-order valence-electron chi connectivity index (χ2n) is 6.06. The molecule has 0 spiro atoms. The lowest BCUT2D eigenvalue weighted by Gasteiger charge is -2.35. The van der Waals surface area contributed by atoms with Gasteiger partial charge in [-0.2, -0.15) is 0 Å². The van der Waals surface area contributed by atoms with Gasteiger partial charge in [0.15, 0.2) is 0 Å². The van der Waals surface area contributed by atoms with Crippen molar-refractivity contribution in [3.63, 3.8) is 0 Å². The Bertz CT molecular complexity index is 417. The van der Waals surface area contributed by atoms with Crippen LogP contribution < -0.4 is 4.74 Å². The fourth-order valence-corrected chi connectivity index (χ4v) is 3.44. The van der Waals surface area contributed by atoms with E-state index >= 15 is 0 Å². The van der Waals surface area contributed by atoms with Crippen LogP contribution in [0, 0.1) is 11.8 Å². The summed E-state index contributed by atoms with van der Waals surface area (Å²) in [6.45, 7) is 7.76. The van der Waals surface area contributed by atoms with Crippen molar-refractivity contribution < 1.29 is 9.84 Å². The Morgan fingerprint density at radius 3 is 2.60 bits per heavy atom. The van der Waals surface area contributed by atoms with Crippen LogP contribution in [-0.2, 0) is 0 Å². The second-order valence-corrected chi connectivity index (χ2v) is 6.91. The molecule has 3 atom stereocenters. The number of rotatable bonds is 5. The minimum absolute atomic E-state index is 0.335. The molecule has 1 N–H and O–H groups in total. The number of benzene rings is 1. The molecular formula is C16H24BrNO2. The summed E-state index contributed by atoms with van der Waals surface area (Å²) in [6, 6.07) is 7.72. The van der Waals surface area contributed by atoms with Crippen LogP contribution in [0.4, 0.5) is 0 Å². The number of aliphatic hydroxyl groups is 1. The summed E-state index contributed by atoms with van der Waals surface area (Å²) in [5.41, 5.74) is 0. The molecule has 0 radical (unpaired) electrons. The first kappa shape index (κ1) is 15.8. The molecule has 1 aromatic rings. The first-order valence-corrected chi connectivity index (χ1v) is 8.11. The van der Waals surface area contributed by atoms with Crippen LogP contribution >= 0.6 is 15.9 Å². The van der Waals surface area contributed by atoms with Crippen LogP contribution in [0.15, 0.2) is 28.7 Å². The van der Waals surface area contributed by atoms with Crippen molar-refractivity contribution in [3.8, 4) is 5.75 Å². The quantitative estimate of drug-likeness (QED) is 0.892. The standard InChI is InChI=1S/C16H24BrNO2/c1-12-7-13(2)9-18(8-12)10-14(19)11-20-16-6-4-3-5-15(16)17/h3-6,12-14,19H,7-11H2,1-2H3/t12-,13-,14+/m1/s1. The number of halogens is 1. The van der Waals surface area contributed by atoms with Gasteiger partial charge in [0, 0.05) is 19.6 Å². The first-order valence-electron chi connectivity index (χ1n) is 7.32. The van der Waals surface area contributed by atoms with E-state index in [2.05, 4.69) is 34.7 Å². The van der Waals surface area contributed by atoms with Crippen molar-refractivity contribution in [2.45, 2.75) is 26.4 Å². The Hall–Kier alpha value is -0.580. The number of para-hydroxylation sites is 1. The minimum atomic E-state index is -0.445. The third-order valence-electron chi connectivity index (χ3n) is 3.68. The molecule has 1 fully saturated rings. The predicted molar refractivity (Wildman–Crippen MR) is 85.0 cm³/mol. The van der Waals surface area contributed by atoms with Gasteiger partial charge in [-0.25, -0.2) is 0 Å². The van der Waals surface area contributed by atoms with E-state index in [-0.39, 0.29) is 0 Å². The Kier molecular flexibility index (Phi) is 5.87. The summed E-state index contributed by atoms with van der Waals surface area (Å²) >= 11 is 3.44. The van der Waals surface area contributed by atoms with Gasteiger partial charge < -0.3 is 14.7 Å². The molecule has 20 heavy (non-hydrogen) atoms. The van der Waals surface area contributed by atoms with E-state index in [1.807, 2.05) is 24.3 Å². The van der Waals surface area contributed by atoms with Crippen molar-refractivity contribution in [2.24, 2.45) is 11.8 Å². The molecule has 1 heterocycles. The molecule has 1 aliphatic rings. The van der Waals surface area contributed by atoms with E-state index in [9.17, 15) is 5.11 Å². The van der Waals surface area contributed by atoms with Gasteiger partial charge in [0.2, 0.25) is 0 Å². The van der Waals surface area contributed by atoms with Gasteiger partial charge in [0.1, 0.15) is 18.5 Å². The number of aliphatic hydroxyl groups excluding tert-OH is 1. The molecule has 0 unspecified atom stereocenters. The third-order valence-corrected chi connectivity index (χ3v) is 4.34. The van der Waals surface area contributed by atoms with Crippen LogP contribution in [0.5, 0.6) is 5.75 Å². The molecule has 2 rings (SSSR count). The molecule has 0 bridgehead atoms. The highest BCUT2D eigenvalue weighted by atomic mass is 79.9. The highest BCUT2D eigenvalue weighted by molar-refractivity contribution is 9.10. The van der Waals surface area contributed by atoms with Crippen molar-refractivity contribution >= 4 is 15.9 Å². The maximum Gasteiger partial charge on any atom is 0.133 e. The van der Waals surface area contributed by atoms with Gasteiger partial charge in [0.25, 0.3) is 0 Å². The lowest BCUT2D eigenvalue weighted by Crippen LogP contribution is -2.44. The average Bonchev–Trinajstić information content (AvgIpc) is 2.36. The van der Waals surface area contributed by atoms with Gasteiger partial charge in [-0.15, -0.1) is 0 Å². The van der Waals surface area contributed by atoms with Gasteiger partial charge in [0.05, 0.1) is 4.47 Å². The van der Waals surface area contributed by atoms with Crippen LogP contribution in [0.25, 0.3) is 0 Å². The molecule has 4 heteroatoms. The summed E-state index contributed by atoms with van der Waals surface area (Å²) < 4.78 is 6.59. The molecule has 1 aliphatic heterocycles. The Labute approximate surface area is 130 Å². The fraction of sp³-hybridized carbons (Fsp3) is 0.625. The number of nitrogens with zero attached hydrogens (tertiary/aromatic N) is 1. The normalized spacial score (nSPS) is 25.4. The number of ether oxygens (including phenoxy) is 1. The zero-order valence-corrected chi connectivity index (χ0v) is 13.8. The Morgan fingerprint density at radius 2 is 1.95 bits per heavy atom. The monoisotopic (exact) mass is 341 g/mol. The predicted octanol–water partition coefficient (Wildman–Crippen LogP) is 3.17. The molecule has 0 aromatic heterocycles. The lowest BCUT2D eigenvalue weighted by atomic mass is 9.92. The Balaban J connectivity index is 1.78. The van der Waals surface area contributed by atoms with Crippen molar-refractivity contribution in [1.29, 1.82) is 0 Å². The molecule has 0 saturated carbocycles. The topological polar surface area (TPSA) is 32.7 Å². The number of β-amino-alcohol motifs (C(OH)–C–C–N with tert-alkyl or cyclic N) is 1. The van der Waals surface area contributed by atoms with E-state index in [0.29, 0.717) is 13.2 Å². The molecule has 1 aromatic carbocycles. The molecule has 112 valence electrons. The summed E-state index contributed by atoms with van der Waals surface area (Å²) in [5, 5.41) is 10.1. The van der Waals surface area contributed by atoms with E-state index in [0.717, 1.165) is 35.1 Å². The van der Waals surface area contributed by atoms with Gasteiger partial charge in [-0.05, 0) is 46.3 Å². The van der Waals surface area contributed by atoms with Gasteiger partial charge in [-0.3, -0.25) is 0 Å². The molecule has 0 aliphatic carbocycles. The smallest absolute Gasteiger partial charge is 0.133 e. The lowest BCUT2D eigenvalue weighted by molar-refractivity contribution is 0.0427. The van der Waals surface area contributed by atoms with E-state index in [1.54, 1.807) is 0 Å². The molecule has 3 nitrogen and oxygen atoms in total. The summed E-state index contributed by atoms with van der Waals surface area (Å²) in [4.78, 5) is 2.35. The van der Waals surface area contributed by atoms with Crippen molar-refractivity contribution in [3.05, 3.63) is 28.7 Å². The van der Waals surface area contributed by atoms with Gasteiger partial charge >= 0.3 is 0 Å². The largest absolute Gasteiger partial charge is 0.490 e. The summed E-state index contributed by atoms with van der Waals surface area (Å²) in [7, 11) is 0. The maximum atomic E-state index is 10.1. The van der Waals surface area contributed by atoms with Crippen LogP contribution in [0.3, 0.4) is 0 Å². The van der Waals surface area contributed by atoms with Crippen LogP contribution in [-0.4, -0.2) is 42.4 Å². The number of hydrogen-bond acceptors (Lipinski definition) is 3. The zero-order chi connectivity index (χ0) is 14.5. The number of hydrogen-bond donors (Lipinski definition) is 1. The molecule has 1 saturated heterocycles. The minimum Gasteiger partial charge on any atom is -0.490 e. The van der Waals surface area contributed by atoms with E-state index < -0.39 is 6.10 Å². The molecular weight excluding hydrogens is 318 g/mol. The molecule has 0 amide bonds.